The molecule has 2 unspecified atom stereocenters. The van der Waals surface area contributed by atoms with E-state index in [2.05, 4.69) is 19.9 Å². The number of alkyl halides is 3. The molecule has 1 aliphatic rings. The van der Waals surface area contributed by atoms with Crippen molar-refractivity contribution in [2.75, 3.05) is 5.73 Å². The van der Waals surface area contributed by atoms with Crippen molar-refractivity contribution in [3.05, 3.63) is 41.7 Å². The van der Waals surface area contributed by atoms with Gasteiger partial charge < -0.3 is 5.73 Å². The van der Waals surface area contributed by atoms with Crippen molar-refractivity contribution >= 4 is 5.95 Å². The van der Waals surface area contributed by atoms with Gasteiger partial charge in [0, 0.05) is 36.6 Å². The molecule has 122 valence electrons. The van der Waals surface area contributed by atoms with E-state index in [1.807, 2.05) is 0 Å². The summed E-state index contributed by atoms with van der Waals surface area (Å²) in [6.07, 6.45) is 4.05. The van der Waals surface area contributed by atoms with Gasteiger partial charge in [0.15, 0.2) is 0 Å². The summed E-state index contributed by atoms with van der Waals surface area (Å²) >= 11 is 0. The third-order valence-electron chi connectivity index (χ3n) is 4.20. The van der Waals surface area contributed by atoms with Crippen LogP contribution in [0.5, 0.6) is 0 Å². The molecule has 0 amide bonds. The SMILES string of the molecule is Nc1ncc(C(F)(F)F)c(C2CCCC(c3cnccn3)C2)n1. The standard InChI is InChI=1S/C15H16F3N5/c16-15(17,18)11-7-22-14(19)23-13(11)10-3-1-2-9(6-10)12-8-20-4-5-21-12/h4-5,7-10H,1-3,6H2,(H2,19,22,23). The van der Waals surface area contributed by atoms with Gasteiger partial charge in [-0.2, -0.15) is 13.2 Å². The average molecular weight is 323 g/mol. The van der Waals surface area contributed by atoms with Crippen molar-refractivity contribution in [2.45, 2.75) is 43.7 Å². The lowest BCUT2D eigenvalue weighted by Gasteiger charge is -2.29. The molecule has 2 aromatic rings. The Morgan fingerprint density at radius 1 is 1.04 bits per heavy atom. The van der Waals surface area contributed by atoms with Gasteiger partial charge in [-0.25, -0.2) is 9.97 Å². The van der Waals surface area contributed by atoms with Crippen LogP contribution in [-0.2, 0) is 6.18 Å². The zero-order valence-electron chi connectivity index (χ0n) is 12.3. The second-order valence-corrected chi connectivity index (χ2v) is 5.72. The first-order valence-corrected chi connectivity index (χ1v) is 7.40. The Morgan fingerprint density at radius 2 is 1.83 bits per heavy atom. The second-order valence-electron chi connectivity index (χ2n) is 5.72. The van der Waals surface area contributed by atoms with Crippen LogP contribution in [0.15, 0.2) is 24.8 Å². The molecular weight excluding hydrogens is 307 g/mol. The molecule has 0 bridgehead atoms. The third-order valence-corrected chi connectivity index (χ3v) is 4.20. The zero-order valence-corrected chi connectivity index (χ0v) is 12.3. The summed E-state index contributed by atoms with van der Waals surface area (Å²) in [4.78, 5) is 15.7. The molecule has 0 aliphatic heterocycles. The summed E-state index contributed by atoms with van der Waals surface area (Å²) < 4.78 is 39.6. The lowest BCUT2D eigenvalue weighted by atomic mass is 9.77. The van der Waals surface area contributed by atoms with Gasteiger partial charge >= 0.3 is 6.18 Å². The minimum absolute atomic E-state index is 0.00131. The maximum absolute atomic E-state index is 13.2. The van der Waals surface area contributed by atoms with E-state index in [-0.39, 0.29) is 23.5 Å². The summed E-state index contributed by atoms with van der Waals surface area (Å²) in [5.41, 5.74) is 5.53. The Balaban J connectivity index is 1.91. The van der Waals surface area contributed by atoms with Crippen molar-refractivity contribution in [3.8, 4) is 0 Å². The Labute approximate surface area is 131 Å². The van der Waals surface area contributed by atoms with Gasteiger partial charge in [0.05, 0.1) is 17.0 Å². The average Bonchev–Trinajstić information content (AvgIpc) is 2.54. The van der Waals surface area contributed by atoms with E-state index in [0.29, 0.717) is 12.8 Å². The molecule has 2 atom stereocenters. The van der Waals surface area contributed by atoms with Gasteiger partial charge in [-0.1, -0.05) is 6.42 Å². The Bertz CT molecular complexity index is 675. The van der Waals surface area contributed by atoms with E-state index in [9.17, 15) is 13.2 Å². The predicted molar refractivity (Wildman–Crippen MR) is 77.4 cm³/mol. The maximum Gasteiger partial charge on any atom is 0.419 e. The van der Waals surface area contributed by atoms with Crippen molar-refractivity contribution in [3.63, 3.8) is 0 Å². The molecular formula is C15H16F3N5. The van der Waals surface area contributed by atoms with E-state index >= 15 is 0 Å². The maximum atomic E-state index is 13.2. The molecule has 0 saturated heterocycles. The minimum Gasteiger partial charge on any atom is -0.368 e. The molecule has 1 aliphatic carbocycles. The molecule has 2 N–H and O–H groups in total. The van der Waals surface area contributed by atoms with Crippen LogP contribution >= 0.6 is 0 Å². The highest BCUT2D eigenvalue weighted by Crippen LogP contribution is 2.43. The quantitative estimate of drug-likeness (QED) is 0.917. The van der Waals surface area contributed by atoms with Gasteiger partial charge in [0.1, 0.15) is 0 Å². The number of aromatic nitrogens is 4. The second kappa shape index (κ2) is 6.10. The smallest absolute Gasteiger partial charge is 0.368 e. The van der Waals surface area contributed by atoms with Crippen LogP contribution in [0, 0.1) is 0 Å². The largest absolute Gasteiger partial charge is 0.419 e. The lowest BCUT2D eigenvalue weighted by molar-refractivity contribution is -0.139. The van der Waals surface area contributed by atoms with Gasteiger partial charge in [-0.3, -0.25) is 9.97 Å². The van der Waals surface area contributed by atoms with Gasteiger partial charge in [-0.15, -0.1) is 0 Å². The number of nitrogens with zero attached hydrogens (tertiary/aromatic N) is 4. The molecule has 0 aromatic carbocycles. The first-order valence-electron chi connectivity index (χ1n) is 7.40. The van der Waals surface area contributed by atoms with E-state index in [1.54, 1.807) is 18.6 Å². The summed E-state index contributed by atoms with van der Waals surface area (Å²) in [5, 5.41) is 0. The van der Waals surface area contributed by atoms with Gasteiger partial charge in [0.2, 0.25) is 5.95 Å². The van der Waals surface area contributed by atoms with Crippen LogP contribution in [0.1, 0.15) is 54.5 Å². The molecule has 2 aromatic heterocycles. The summed E-state index contributed by atoms with van der Waals surface area (Å²) in [5.74, 6) is -0.355. The van der Waals surface area contributed by atoms with Crippen LogP contribution < -0.4 is 5.73 Å². The van der Waals surface area contributed by atoms with E-state index in [0.717, 1.165) is 24.7 Å². The molecule has 1 fully saturated rings. The number of hydrogen-bond donors (Lipinski definition) is 1. The number of halogens is 3. The fourth-order valence-electron chi connectivity index (χ4n) is 3.17. The Hall–Kier alpha value is -2.25. The number of anilines is 1. The van der Waals surface area contributed by atoms with Crippen molar-refractivity contribution in [1.29, 1.82) is 0 Å². The van der Waals surface area contributed by atoms with Gasteiger partial charge in [0.25, 0.3) is 0 Å². The van der Waals surface area contributed by atoms with Crippen LogP contribution in [-0.4, -0.2) is 19.9 Å². The van der Waals surface area contributed by atoms with Crippen molar-refractivity contribution in [1.82, 2.24) is 19.9 Å². The normalized spacial score (nSPS) is 22.0. The number of nitrogens with two attached hydrogens (primary N) is 1. The molecule has 0 spiro atoms. The van der Waals surface area contributed by atoms with Crippen LogP contribution in [0.2, 0.25) is 0 Å². The van der Waals surface area contributed by atoms with Crippen LogP contribution in [0.4, 0.5) is 19.1 Å². The predicted octanol–water partition coefficient (Wildman–Crippen LogP) is 3.31. The fraction of sp³-hybridized carbons (Fsp3) is 0.467. The zero-order chi connectivity index (χ0) is 16.4. The van der Waals surface area contributed by atoms with Crippen molar-refractivity contribution < 1.29 is 13.2 Å². The first kappa shape index (κ1) is 15.6. The van der Waals surface area contributed by atoms with E-state index in [1.165, 1.54) is 0 Å². The molecule has 3 rings (SSSR count). The highest BCUT2D eigenvalue weighted by molar-refractivity contribution is 5.31. The first-order chi connectivity index (χ1) is 10.9. The molecule has 23 heavy (non-hydrogen) atoms. The Morgan fingerprint density at radius 3 is 2.52 bits per heavy atom. The van der Waals surface area contributed by atoms with E-state index in [4.69, 9.17) is 5.73 Å². The third kappa shape index (κ3) is 3.40. The highest BCUT2D eigenvalue weighted by Gasteiger charge is 2.38. The number of hydrogen-bond acceptors (Lipinski definition) is 5. The molecule has 0 radical (unpaired) electrons. The van der Waals surface area contributed by atoms with Crippen LogP contribution in [0.25, 0.3) is 0 Å². The monoisotopic (exact) mass is 323 g/mol. The summed E-state index contributed by atoms with van der Waals surface area (Å²) in [6.45, 7) is 0. The summed E-state index contributed by atoms with van der Waals surface area (Å²) in [7, 11) is 0. The number of rotatable bonds is 2. The van der Waals surface area contributed by atoms with Crippen LogP contribution in [0.3, 0.4) is 0 Å². The lowest BCUT2D eigenvalue weighted by Crippen LogP contribution is -2.20. The molecule has 1 saturated carbocycles. The van der Waals surface area contributed by atoms with Crippen molar-refractivity contribution in [2.24, 2.45) is 0 Å². The van der Waals surface area contributed by atoms with E-state index < -0.39 is 11.7 Å². The molecule has 2 heterocycles. The highest BCUT2D eigenvalue weighted by atomic mass is 19.4. The number of nitrogen functional groups attached to an aromatic ring is 1. The molecule has 5 nitrogen and oxygen atoms in total. The minimum atomic E-state index is -4.48. The Kier molecular flexibility index (Phi) is 4.14. The fourth-order valence-corrected chi connectivity index (χ4v) is 3.17. The summed E-state index contributed by atoms with van der Waals surface area (Å²) in [6, 6.07) is 0. The topological polar surface area (TPSA) is 77.6 Å². The van der Waals surface area contributed by atoms with Gasteiger partial charge in [-0.05, 0) is 19.3 Å². The molecule has 8 heteroatoms.